The summed E-state index contributed by atoms with van der Waals surface area (Å²) in [6.07, 6.45) is 0. The lowest BCUT2D eigenvalue weighted by atomic mass is 10.1. The van der Waals surface area contributed by atoms with E-state index < -0.39 is 0 Å². The summed E-state index contributed by atoms with van der Waals surface area (Å²) in [4.78, 5) is 12.0. The number of ether oxygens (including phenoxy) is 1. The van der Waals surface area contributed by atoms with Gasteiger partial charge in [0.05, 0.1) is 6.61 Å². The Bertz CT molecular complexity index is 600. The fraction of sp³-hybridized carbons (Fsp3) is 0.267. The summed E-state index contributed by atoms with van der Waals surface area (Å²) >= 11 is 0. The molecule has 0 aliphatic heterocycles. The fourth-order valence-electron chi connectivity index (χ4n) is 2.31. The maximum Gasteiger partial charge on any atom is 0.346 e. The minimum Gasteiger partial charge on any atom is -0.462 e. The number of aromatic nitrogens is 1. The quantitative estimate of drug-likeness (QED) is 0.858. The number of hydrogen-bond acceptors (Lipinski definition) is 2. The molecule has 0 aliphatic rings. The largest absolute Gasteiger partial charge is 0.462 e. The highest BCUT2D eigenvalue weighted by molar-refractivity contribution is 5.99. The molecule has 0 radical (unpaired) electrons. The molecular weight excluding hydrogens is 240 g/mol. The Hall–Kier alpha value is -2.07. The van der Waals surface area contributed by atoms with Gasteiger partial charge in [-0.2, -0.15) is 0 Å². The number of esters is 1. The molecule has 0 saturated heterocycles. The van der Waals surface area contributed by atoms with Gasteiger partial charge in [0.15, 0.2) is 5.69 Å². The third-order valence-corrected chi connectivity index (χ3v) is 3.31. The topological polar surface area (TPSA) is 58.9 Å². The smallest absolute Gasteiger partial charge is 0.346 e. The van der Waals surface area contributed by atoms with Gasteiger partial charge in [-0.25, -0.2) is 4.79 Å². The van der Waals surface area contributed by atoms with Crippen LogP contribution >= 0.6 is 0 Å². The highest BCUT2D eigenvalue weighted by Crippen LogP contribution is 2.32. The highest BCUT2D eigenvalue weighted by atomic mass is 16.5. The van der Waals surface area contributed by atoms with Crippen LogP contribution in [0.25, 0.3) is 11.3 Å². The summed E-state index contributed by atoms with van der Waals surface area (Å²) in [5.74, 6) is -0.303. The third-order valence-electron chi connectivity index (χ3n) is 3.31. The monoisotopic (exact) mass is 259 g/mol. The van der Waals surface area contributed by atoms with Crippen LogP contribution in [0.1, 0.15) is 23.0 Å². The zero-order chi connectivity index (χ0) is 14.0. The number of benzene rings is 1. The van der Waals surface area contributed by atoms with E-state index in [0.29, 0.717) is 12.2 Å². The minimum atomic E-state index is -0.303. The van der Waals surface area contributed by atoms with E-state index in [9.17, 15) is 4.79 Å². The van der Waals surface area contributed by atoms with Crippen LogP contribution in [0, 0.1) is 6.92 Å². The maximum atomic E-state index is 12.0. The van der Waals surface area contributed by atoms with Crippen LogP contribution in [-0.2, 0) is 11.8 Å². The van der Waals surface area contributed by atoms with Crippen LogP contribution in [0.5, 0.6) is 0 Å². The number of hydrogen-bond donors (Lipinski definition) is 1. The number of carbonyl (C=O) groups is 1. The van der Waals surface area contributed by atoms with Gasteiger partial charge in [0.25, 0.3) is 0 Å². The Morgan fingerprint density at radius 2 is 1.95 bits per heavy atom. The molecule has 0 amide bonds. The Labute approximate surface area is 112 Å². The summed E-state index contributed by atoms with van der Waals surface area (Å²) in [6, 6.07) is 9.94. The van der Waals surface area contributed by atoms with Crippen molar-refractivity contribution in [1.29, 1.82) is 0 Å². The Morgan fingerprint density at radius 3 is 2.53 bits per heavy atom. The number of nitrogens with zero attached hydrogens (tertiary/aromatic N) is 1. The molecule has 0 saturated carbocycles. The first kappa shape index (κ1) is 13.4. The normalized spacial score (nSPS) is 10.5. The van der Waals surface area contributed by atoms with Crippen LogP contribution in [0.3, 0.4) is 0 Å². The number of carbonyl (C=O) groups excluding carboxylic acids is 1. The number of quaternary nitrogens is 1. The van der Waals surface area contributed by atoms with Gasteiger partial charge < -0.3 is 15.0 Å². The lowest BCUT2D eigenvalue weighted by molar-refractivity contribution is -0.254. The Morgan fingerprint density at radius 1 is 1.32 bits per heavy atom. The maximum absolute atomic E-state index is 12.0. The SMILES string of the molecule is CCOC(=O)c1c([NH3+])c(-c2ccccc2)n(C)c1C. The standard InChI is InChI=1S/C15H18N2O2/c1-4-19-15(18)12-10(2)17(3)14(13(12)16)11-8-6-5-7-9-11/h5-9H,4,16H2,1-3H3/p+1. The van der Waals surface area contributed by atoms with E-state index in [2.05, 4.69) is 5.73 Å². The molecule has 3 N–H and O–H groups in total. The van der Waals surface area contributed by atoms with Crippen molar-refractivity contribution in [3.63, 3.8) is 0 Å². The zero-order valence-corrected chi connectivity index (χ0v) is 11.6. The molecule has 2 rings (SSSR count). The van der Waals surface area contributed by atoms with Gasteiger partial charge in [-0.15, -0.1) is 0 Å². The van der Waals surface area contributed by atoms with E-state index in [4.69, 9.17) is 4.74 Å². The predicted molar refractivity (Wildman–Crippen MR) is 74.1 cm³/mol. The van der Waals surface area contributed by atoms with Gasteiger partial charge in [0.1, 0.15) is 11.3 Å². The summed E-state index contributed by atoms with van der Waals surface area (Å²) in [5, 5.41) is 0. The molecule has 0 fully saturated rings. The second-order valence-electron chi connectivity index (χ2n) is 4.43. The van der Waals surface area contributed by atoms with Crippen molar-refractivity contribution in [1.82, 2.24) is 4.57 Å². The molecule has 0 unspecified atom stereocenters. The molecular formula is C15H19N2O2+. The van der Waals surface area contributed by atoms with E-state index in [-0.39, 0.29) is 5.97 Å². The summed E-state index contributed by atoms with van der Waals surface area (Å²) in [7, 11) is 1.94. The van der Waals surface area contributed by atoms with Gasteiger partial charge in [0, 0.05) is 18.3 Å². The predicted octanol–water partition coefficient (Wildman–Crippen LogP) is 2.05. The molecule has 0 bridgehead atoms. The van der Waals surface area contributed by atoms with Gasteiger partial charge in [0.2, 0.25) is 0 Å². The first-order valence-corrected chi connectivity index (χ1v) is 6.31. The number of rotatable bonds is 3. The molecule has 4 nitrogen and oxygen atoms in total. The molecule has 1 aromatic carbocycles. The van der Waals surface area contributed by atoms with E-state index >= 15 is 0 Å². The molecule has 0 spiro atoms. The average Bonchev–Trinajstić information content (AvgIpc) is 2.62. The second-order valence-corrected chi connectivity index (χ2v) is 4.43. The zero-order valence-electron chi connectivity index (χ0n) is 11.6. The Balaban J connectivity index is 2.59. The van der Waals surface area contributed by atoms with Crippen molar-refractivity contribution in [2.75, 3.05) is 6.61 Å². The van der Waals surface area contributed by atoms with Crippen LogP contribution < -0.4 is 5.73 Å². The van der Waals surface area contributed by atoms with Gasteiger partial charge in [-0.1, -0.05) is 30.3 Å². The molecule has 100 valence electrons. The van der Waals surface area contributed by atoms with Crippen LogP contribution in [-0.4, -0.2) is 17.1 Å². The molecule has 0 aliphatic carbocycles. The van der Waals surface area contributed by atoms with Crippen molar-refractivity contribution >= 4 is 11.7 Å². The minimum absolute atomic E-state index is 0.303. The van der Waals surface area contributed by atoms with Crippen molar-refractivity contribution in [3.05, 3.63) is 41.6 Å². The first-order chi connectivity index (χ1) is 9.07. The van der Waals surface area contributed by atoms with Crippen molar-refractivity contribution in [3.8, 4) is 11.3 Å². The van der Waals surface area contributed by atoms with E-state index in [0.717, 1.165) is 22.6 Å². The fourth-order valence-corrected chi connectivity index (χ4v) is 2.31. The first-order valence-electron chi connectivity index (χ1n) is 6.31. The summed E-state index contributed by atoms with van der Waals surface area (Å²) in [5.41, 5.74) is 8.25. The van der Waals surface area contributed by atoms with E-state index in [1.54, 1.807) is 6.92 Å². The Kier molecular flexibility index (Phi) is 3.71. The lowest BCUT2D eigenvalue weighted by Gasteiger charge is -2.04. The molecule has 4 heteroatoms. The summed E-state index contributed by atoms with van der Waals surface area (Å²) < 4.78 is 7.09. The van der Waals surface area contributed by atoms with Gasteiger partial charge in [-0.05, 0) is 13.8 Å². The second kappa shape index (κ2) is 5.28. The van der Waals surface area contributed by atoms with Crippen LogP contribution in [0.4, 0.5) is 5.69 Å². The summed E-state index contributed by atoms with van der Waals surface area (Å²) in [6.45, 7) is 4.08. The molecule has 1 heterocycles. The van der Waals surface area contributed by atoms with E-state index in [1.807, 2.05) is 48.9 Å². The van der Waals surface area contributed by atoms with Gasteiger partial charge >= 0.3 is 5.97 Å². The average molecular weight is 259 g/mol. The highest BCUT2D eigenvalue weighted by Gasteiger charge is 2.26. The van der Waals surface area contributed by atoms with Crippen LogP contribution in [0.2, 0.25) is 0 Å². The van der Waals surface area contributed by atoms with Crippen molar-refractivity contribution in [2.24, 2.45) is 7.05 Å². The van der Waals surface area contributed by atoms with Crippen molar-refractivity contribution < 1.29 is 15.3 Å². The molecule has 0 atom stereocenters. The third kappa shape index (κ3) is 2.27. The van der Waals surface area contributed by atoms with E-state index in [1.165, 1.54) is 0 Å². The van der Waals surface area contributed by atoms with Gasteiger partial charge in [-0.3, -0.25) is 0 Å². The molecule has 2 aromatic rings. The lowest BCUT2D eigenvalue weighted by Crippen LogP contribution is -2.42. The molecule has 1 aromatic heterocycles. The van der Waals surface area contributed by atoms with Crippen molar-refractivity contribution in [2.45, 2.75) is 13.8 Å². The van der Waals surface area contributed by atoms with Crippen LogP contribution in [0.15, 0.2) is 30.3 Å². The molecule has 19 heavy (non-hydrogen) atoms.